The summed E-state index contributed by atoms with van der Waals surface area (Å²) in [6.45, 7) is 4.86. The van der Waals surface area contributed by atoms with E-state index in [1.807, 2.05) is 24.3 Å². The molecule has 0 N–H and O–H groups in total. The third-order valence-electron chi connectivity index (χ3n) is 4.82. The van der Waals surface area contributed by atoms with Crippen LogP contribution in [-0.2, 0) is 9.53 Å². The van der Waals surface area contributed by atoms with E-state index in [2.05, 4.69) is 13.8 Å². The molecule has 0 saturated heterocycles. The van der Waals surface area contributed by atoms with E-state index in [0.29, 0.717) is 25.4 Å². The highest BCUT2D eigenvalue weighted by molar-refractivity contribution is 6.01. The van der Waals surface area contributed by atoms with Crippen LogP contribution in [0.3, 0.4) is 0 Å². The van der Waals surface area contributed by atoms with Crippen molar-refractivity contribution in [2.24, 2.45) is 5.92 Å². The van der Waals surface area contributed by atoms with Gasteiger partial charge in [0.2, 0.25) is 0 Å². The Hall–Kier alpha value is -1.64. The predicted octanol–water partition coefficient (Wildman–Crippen LogP) is 4.90. The van der Waals surface area contributed by atoms with Gasteiger partial charge in [-0.1, -0.05) is 63.8 Å². The summed E-state index contributed by atoms with van der Waals surface area (Å²) in [5.74, 6) is 0.423. The molecular weight excluding hydrogens is 288 g/mol. The SMILES string of the molecule is CCCCCC(CC)COC(=O)CC1CC(=O)c2ccccc21. The molecule has 2 rings (SSSR count). The lowest BCUT2D eigenvalue weighted by Gasteiger charge is -2.16. The van der Waals surface area contributed by atoms with Crippen LogP contribution in [-0.4, -0.2) is 18.4 Å². The van der Waals surface area contributed by atoms with Gasteiger partial charge >= 0.3 is 5.97 Å². The molecule has 0 saturated carbocycles. The number of Topliss-reactive ketones (excluding diaryl/α,β-unsaturated/α-hetero) is 1. The standard InChI is InChI=1S/C20H28O3/c1-3-5-6-9-15(4-2)14-23-20(22)13-16-12-19(21)18-11-8-7-10-17(16)18/h7-8,10-11,15-16H,3-6,9,12-14H2,1-2H3. The molecule has 0 bridgehead atoms. The van der Waals surface area contributed by atoms with Crippen LogP contribution in [0.5, 0.6) is 0 Å². The Balaban J connectivity index is 1.80. The van der Waals surface area contributed by atoms with Gasteiger partial charge in [0.05, 0.1) is 13.0 Å². The molecule has 0 amide bonds. The highest BCUT2D eigenvalue weighted by Gasteiger charge is 2.30. The van der Waals surface area contributed by atoms with E-state index in [9.17, 15) is 9.59 Å². The van der Waals surface area contributed by atoms with Gasteiger partial charge in [0.15, 0.2) is 5.78 Å². The minimum Gasteiger partial charge on any atom is -0.465 e. The zero-order chi connectivity index (χ0) is 16.7. The minimum absolute atomic E-state index is 0.00799. The van der Waals surface area contributed by atoms with Crippen LogP contribution >= 0.6 is 0 Å². The molecule has 0 spiro atoms. The first kappa shape index (κ1) is 17.7. The maximum absolute atomic E-state index is 12.1. The Morgan fingerprint density at radius 3 is 2.78 bits per heavy atom. The lowest BCUT2D eigenvalue weighted by Crippen LogP contribution is -2.15. The second-order valence-electron chi connectivity index (χ2n) is 6.57. The minimum atomic E-state index is -0.173. The number of carbonyl (C=O) groups excluding carboxylic acids is 2. The van der Waals surface area contributed by atoms with Gasteiger partial charge in [-0.25, -0.2) is 0 Å². The number of carbonyl (C=O) groups is 2. The van der Waals surface area contributed by atoms with Gasteiger partial charge in [-0.15, -0.1) is 0 Å². The molecule has 1 aromatic carbocycles. The summed E-state index contributed by atoms with van der Waals surface area (Å²) in [6.07, 6.45) is 6.58. The summed E-state index contributed by atoms with van der Waals surface area (Å²) in [5.41, 5.74) is 1.78. The third-order valence-corrected chi connectivity index (χ3v) is 4.82. The highest BCUT2D eigenvalue weighted by atomic mass is 16.5. The molecule has 23 heavy (non-hydrogen) atoms. The zero-order valence-corrected chi connectivity index (χ0v) is 14.3. The molecule has 0 aromatic heterocycles. The fourth-order valence-electron chi connectivity index (χ4n) is 3.29. The van der Waals surface area contributed by atoms with Crippen LogP contribution in [0, 0.1) is 5.92 Å². The van der Waals surface area contributed by atoms with Crippen molar-refractivity contribution >= 4 is 11.8 Å². The number of rotatable bonds is 9. The summed E-state index contributed by atoms with van der Waals surface area (Å²) in [4.78, 5) is 24.1. The molecule has 2 unspecified atom stereocenters. The first-order chi connectivity index (χ1) is 11.2. The molecule has 2 atom stereocenters. The predicted molar refractivity (Wildman–Crippen MR) is 91.6 cm³/mol. The van der Waals surface area contributed by atoms with Crippen molar-refractivity contribution in [1.82, 2.24) is 0 Å². The molecule has 0 radical (unpaired) electrons. The van der Waals surface area contributed by atoms with E-state index < -0.39 is 0 Å². The van der Waals surface area contributed by atoms with Crippen molar-refractivity contribution in [3.8, 4) is 0 Å². The molecule has 0 heterocycles. The number of unbranched alkanes of at least 4 members (excludes halogenated alkanes) is 2. The normalized spacial score (nSPS) is 17.8. The summed E-state index contributed by atoms with van der Waals surface area (Å²) in [6, 6.07) is 7.61. The van der Waals surface area contributed by atoms with E-state index in [1.165, 1.54) is 19.3 Å². The van der Waals surface area contributed by atoms with Crippen molar-refractivity contribution in [1.29, 1.82) is 0 Å². The lowest BCUT2D eigenvalue weighted by molar-refractivity contribution is -0.145. The molecule has 3 heteroatoms. The first-order valence-electron chi connectivity index (χ1n) is 8.93. The fraction of sp³-hybridized carbons (Fsp3) is 0.600. The third kappa shape index (κ3) is 4.92. The monoisotopic (exact) mass is 316 g/mol. The van der Waals surface area contributed by atoms with Gasteiger partial charge < -0.3 is 4.74 Å². The van der Waals surface area contributed by atoms with E-state index >= 15 is 0 Å². The van der Waals surface area contributed by atoms with E-state index in [0.717, 1.165) is 24.0 Å². The van der Waals surface area contributed by atoms with Crippen LogP contribution in [0.25, 0.3) is 0 Å². The average molecular weight is 316 g/mol. The van der Waals surface area contributed by atoms with Crippen molar-refractivity contribution in [2.45, 2.75) is 64.7 Å². The van der Waals surface area contributed by atoms with Gasteiger partial charge in [-0.2, -0.15) is 0 Å². The zero-order valence-electron chi connectivity index (χ0n) is 14.3. The first-order valence-corrected chi connectivity index (χ1v) is 8.93. The fourth-order valence-corrected chi connectivity index (χ4v) is 3.29. The second-order valence-corrected chi connectivity index (χ2v) is 6.57. The number of ketones is 1. The molecule has 0 fully saturated rings. The molecule has 3 nitrogen and oxygen atoms in total. The van der Waals surface area contributed by atoms with Gasteiger partial charge in [0.1, 0.15) is 0 Å². The summed E-state index contributed by atoms with van der Waals surface area (Å²) >= 11 is 0. The molecule has 1 aliphatic rings. The summed E-state index contributed by atoms with van der Waals surface area (Å²) < 4.78 is 5.49. The molecule has 126 valence electrons. The molecular formula is C20H28O3. The quantitative estimate of drug-likeness (QED) is 0.481. The summed E-state index contributed by atoms with van der Waals surface area (Å²) in [5, 5.41) is 0. The summed E-state index contributed by atoms with van der Waals surface area (Å²) in [7, 11) is 0. The Morgan fingerprint density at radius 1 is 1.26 bits per heavy atom. The Bertz CT molecular complexity index is 535. The topological polar surface area (TPSA) is 43.4 Å². The van der Waals surface area contributed by atoms with Gasteiger partial charge in [0, 0.05) is 17.9 Å². The Morgan fingerprint density at radius 2 is 2.04 bits per heavy atom. The van der Waals surface area contributed by atoms with Crippen LogP contribution in [0.15, 0.2) is 24.3 Å². The van der Waals surface area contributed by atoms with Gasteiger partial charge in [-0.3, -0.25) is 9.59 Å². The van der Waals surface area contributed by atoms with Crippen LogP contribution in [0.1, 0.15) is 80.6 Å². The number of esters is 1. The Labute approximate surface area is 139 Å². The number of benzene rings is 1. The van der Waals surface area contributed by atoms with Crippen molar-refractivity contribution in [2.75, 3.05) is 6.61 Å². The maximum atomic E-state index is 12.1. The molecule has 1 aromatic rings. The number of ether oxygens (including phenoxy) is 1. The van der Waals surface area contributed by atoms with E-state index in [-0.39, 0.29) is 17.7 Å². The van der Waals surface area contributed by atoms with Gasteiger partial charge in [-0.05, 0) is 17.9 Å². The second kappa shape index (κ2) is 8.85. The molecule has 0 aliphatic heterocycles. The number of hydrogen-bond acceptors (Lipinski definition) is 3. The lowest BCUT2D eigenvalue weighted by atomic mass is 9.97. The number of hydrogen-bond donors (Lipinski definition) is 0. The average Bonchev–Trinajstić information content (AvgIpc) is 2.87. The van der Waals surface area contributed by atoms with Gasteiger partial charge in [0.25, 0.3) is 0 Å². The van der Waals surface area contributed by atoms with Crippen molar-refractivity contribution in [3.05, 3.63) is 35.4 Å². The maximum Gasteiger partial charge on any atom is 0.306 e. The van der Waals surface area contributed by atoms with Crippen LogP contribution in [0.4, 0.5) is 0 Å². The molecule has 1 aliphatic carbocycles. The van der Waals surface area contributed by atoms with Crippen LogP contribution in [0.2, 0.25) is 0 Å². The van der Waals surface area contributed by atoms with Crippen LogP contribution < -0.4 is 0 Å². The van der Waals surface area contributed by atoms with Crippen molar-refractivity contribution < 1.29 is 14.3 Å². The number of fused-ring (bicyclic) bond motifs is 1. The van der Waals surface area contributed by atoms with Crippen molar-refractivity contribution in [3.63, 3.8) is 0 Å². The largest absolute Gasteiger partial charge is 0.465 e. The smallest absolute Gasteiger partial charge is 0.306 e. The highest BCUT2D eigenvalue weighted by Crippen LogP contribution is 2.35. The Kier molecular flexibility index (Phi) is 6.82. The van der Waals surface area contributed by atoms with E-state index in [4.69, 9.17) is 4.74 Å². The van der Waals surface area contributed by atoms with E-state index in [1.54, 1.807) is 0 Å².